The Labute approximate surface area is 226 Å². The molecule has 0 saturated carbocycles. The van der Waals surface area contributed by atoms with Crippen LogP contribution in [0, 0.1) is 5.92 Å². The summed E-state index contributed by atoms with van der Waals surface area (Å²) in [5.41, 5.74) is 1.69. The van der Waals surface area contributed by atoms with E-state index in [0.29, 0.717) is 17.0 Å². The monoisotopic (exact) mass is 550 g/mol. The maximum absolute atomic E-state index is 14.0. The molecule has 0 aliphatic rings. The van der Waals surface area contributed by atoms with Crippen LogP contribution in [0.25, 0.3) is 39.0 Å². The van der Waals surface area contributed by atoms with Gasteiger partial charge < -0.3 is 9.47 Å². The summed E-state index contributed by atoms with van der Waals surface area (Å²) in [6, 6.07) is 13.3. The molecule has 3 heterocycles. The average molecular weight is 551 g/mol. The van der Waals surface area contributed by atoms with Gasteiger partial charge in [-0.15, -0.1) is 0 Å². The van der Waals surface area contributed by atoms with Crippen molar-refractivity contribution in [1.82, 2.24) is 24.3 Å². The SMILES string of the molecule is COc1ccc(-n2c(=O)c(-c3ccc4nn(C)cc4c3)nc3c(N=CC(C)C)cc(OCC(F)(F)F)nc32)cc1. The van der Waals surface area contributed by atoms with E-state index in [1.807, 2.05) is 26.1 Å². The van der Waals surface area contributed by atoms with Crippen LogP contribution in [0.3, 0.4) is 0 Å². The van der Waals surface area contributed by atoms with E-state index in [2.05, 4.69) is 20.1 Å². The first-order valence-corrected chi connectivity index (χ1v) is 12.3. The summed E-state index contributed by atoms with van der Waals surface area (Å²) in [6.45, 7) is 2.26. The lowest BCUT2D eigenvalue weighted by atomic mass is 10.1. The van der Waals surface area contributed by atoms with Gasteiger partial charge in [-0.3, -0.25) is 19.0 Å². The quantitative estimate of drug-likeness (QED) is 0.243. The number of hydrogen-bond donors (Lipinski definition) is 0. The molecular weight excluding hydrogens is 525 g/mol. The van der Waals surface area contributed by atoms with Gasteiger partial charge in [-0.1, -0.05) is 19.9 Å². The van der Waals surface area contributed by atoms with Crippen LogP contribution in [0.5, 0.6) is 11.6 Å². The third kappa shape index (κ3) is 5.51. The zero-order chi connectivity index (χ0) is 28.6. The summed E-state index contributed by atoms with van der Waals surface area (Å²) in [6.07, 6.45) is -1.12. The van der Waals surface area contributed by atoms with Gasteiger partial charge in [0.15, 0.2) is 12.3 Å². The topological polar surface area (TPSA) is 96.4 Å². The second-order valence-corrected chi connectivity index (χ2v) is 9.45. The molecule has 0 bridgehead atoms. The molecule has 0 aliphatic heterocycles. The first-order chi connectivity index (χ1) is 19.0. The molecule has 0 atom stereocenters. The fraction of sp³-hybridized carbons (Fsp3) is 0.250. The number of halogens is 3. The zero-order valence-corrected chi connectivity index (χ0v) is 22.1. The molecule has 9 nitrogen and oxygen atoms in total. The minimum Gasteiger partial charge on any atom is -0.497 e. The number of ether oxygens (including phenoxy) is 2. The lowest BCUT2D eigenvalue weighted by Gasteiger charge is -2.15. The maximum atomic E-state index is 14.0. The van der Waals surface area contributed by atoms with Gasteiger partial charge in [0.05, 0.1) is 24.0 Å². The predicted octanol–water partition coefficient (Wildman–Crippen LogP) is 5.64. The average Bonchev–Trinajstić information content (AvgIpc) is 3.29. The minimum atomic E-state index is -4.58. The standard InChI is InChI=1S/C28H25F3N6O3/c1-16(2)13-32-22-12-23(40-15-28(29,30)31)33-26-25(22)34-24(17-5-10-21-18(11-17)14-36(3)35-21)27(38)37(26)19-6-8-20(39-4)9-7-19/h5-14,16H,15H2,1-4H3. The Balaban J connectivity index is 1.83. The number of benzene rings is 2. The van der Waals surface area contributed by atoms with E-state index in [4.69, 9.17) is 9.47 Å². The lowest BCUT2D eigenvalue weighted by Crippen LogP contribution is -2.24. The molecule has 0 spiro atoms. The van der Waals surface area contributed by atoms with Crippen LogP contribution in [-0.4, -0.2) is 50.4 Å². The number of methoxy groups -OCH3 is 1. The van der Waals surface area contributed by atoms with E-state index in [1.54, 1.807) is 54.3 Å². The van der Waals surface area contributed by atoms with E-state index < -0.39 is 18.3 Å². The molecule has 0 amide bonds. The third-order valence-electron chi connectivity index (χ3n) is 5.89. The van der Waals surface area contributed by atoms with Crippen molar-refractivity contribution in [2.75, 3.05) is 13.7 Å². The van der Waals surface area contributed by atoms with Crippen molar-refractivity contribution in [1.29, 1.82) is 0 Å². The second-order valence-electron chi connectivity index (χ2n) is 9.45. The molecule has 2 aromatic carbocycles. The van der Waals surface area contributed by atoms with Gasteiger partial charge in [-0.2, -0.15) is 23.3 Å². The van der Waals surface area contributed by atoms with Crippen LogP contribution in [0.4, 0.5) is 18.9 Å². The Bertz CT molecular complexity index is 1790. The molecule has 0 saturated heterocycles. The second kappa shape index (κ2) is 10.4. The number of alkyl halides is 3. The molecular formula is C28H25F3N6O3. The summed E-state index contributed by atoms with van der Waals surface area (Å²) in [4.78, 5) is 27.5. The summed E-state index contributed by atoms with van der Waals surface area (Å²) in [7, 11) is 3.31. The molecule has 0 N–H and O–H groups in total. The Hall–Kier alpha value is -4.74. The largest absolute Gasteiger partial charge is 0.497 e. The van der Waals surface area contributed by atoms with Gasteiger partial charge in [0, 0.05) is 36.5 Å². The van der Waals surface area contributed by atoms with E-state index in [-0.39, 0.29) is 34.3 Å². The first kappa shape index (κ1) is 26.9. The Morgan fingerprint density at radius 3 is 2.50 bits per heavy atom. The summed E-state index contributed by atoms with van der Waals surface area (Å²) < 4.78 is 52.1. The summed E-state index contributed by atoms with van der Waals surface area (Å²) in [5.74, 6) is 0.248. The fourth-order valence-electron chi connectivity index (χ4n) is 4.13. The van der Waals surface area contributed by atoms with Gasteiger partial charge in [0.25, 0.3) is 5.56 Å². The van der Waals surface area contributed by atoms with Crippen molar-refractivity contribution in [3.05, 3.63) is 65.1 Å². The van der Waals surface area contributed by atoms with Crippen molar-refractivity contribution in [3.8, 4) is 28.6 Å². The molecule has 0 fully saturated rings. The highest BCUT2D eigenvalue weighted by molar-refractivity contribution is 5.90. The van der Waals surface area contributed by atoms with Crippen molar-refractivity contribution in [3.63, 3.8) is 0 Å². The van der Waals surface area contributed by atoms with Crippen molar-refractivity contribution < 1.29 is 22.6 Å². The Kier molecular flexibility index (Phi) is 7.01. The van der Waals surface area contributed by atoms with Crippen LogP contribution < -0.4 is 15.0 Å². The molecule has 40 heavy (non-hydrogen) atoms. The lowest BCUT2D eigenvalue weighted by molar-refractivity contribution is -0.154. The van der Waals surface area contributed by atoms with Crippen molar-refractivity contribution in [2.45, 2.75) is 20.0 Å². The molecule has 5 aromatic rings. The van der Waals surface area contributed by atoms with E-state index >= 15 is 0 Å². The van der Waals surface area contributed by atoms with Crippen LogP contribution in [0.1, 0.15) is 13.8 Å². The predicted molar refractivity (Wildman–Crippen MR) is 146 cm³/mol. The Morgan fingerprint density at radius 1 is 1.07 bits per heavy atom. The van der Waals surface area contributed by atoms with E-state index in [0.717, 1.165) is 10.9 Å². The minimum absolute atomic E-state index is 0.00282. The van der Waals surface area contributed by atoms with Crippen molar-refractivity contribution in [2.24, 2.45) is 18.0 Å². The molecule has 0 radical (unpaired) electrons. The number of aromatic nitrogens is 5. The molecule has 206 valence electrons. The van der Waals surface area contributed by atoms with Crippen LogP contribution >= 0.6 is 0 Å². The van der Waals surface area contributed by atoms with Gasteiger partial charge >= 0.3 is 6.18 Å². The van der Waals surface area contributed by atoms with Gasteiger partial charge in [0.2, 0.25) is 5.88 Å². The van der Waals surface area contributed by atoms with Crippen molar-refractivity contribution >= 4 is 34.0 Å². The number of aryl methyl sites for hydroxylation is 1. The molecule has 0 unspecified atom stereocenters. The van der Waals surface area contributed by atoms with Gasteiger partial charge in [-0.25, -0.2) is 4.98 Å². The van der Waals surface area contributed by atoms with Crippen LogP contribution in [-0.2, 0) is 7.05 Å². The van der Waals surface area contributed by atoms with E-state index in [1.165, 1.54) is 17.7 Å². The number of pyridine rings is 1. The van der Waals surface area contributed by atoms with Crippen LogP contribution in [0.2, 0.25) is 0 Å². The number of fused-ring (bicyclic) bond motifs is 2. The summed E-state index contributed by atoms with van der Waals surface area (Å²) in [5, 5.41) is 5.19. The normalized spacial score (nSPS) is 12.2. The highest BCUT2D eigenvalue weighted by atomic mass is 19.4. The number of nitrogens with zero attached hydrogens (tertiary/aromatic N) is 6. The van der Waals surface area contributed by atoms with Gasteiger partial charge in [-0.05, 0) is 42.3 Å². The van der Waals surface area contributed by atoms with Crippen LogP contribution in [0.15, 0.2) is 64.5 Å². The Morgan fingerprint density at radius 2 is 1.82 bits per heavy atom. The van der Waals surface area contributed by atoms with Gasteiger partial charge in [0.1, 0.15) is 17.0 Å². The zero-order valence-electron chi connectivity index (χ0n) is 22.1. The molecule has 3 aromatic heterocycles. The fourth-order valence-corrected chi connectivity index (χ4v) is 4.13. The summed E-state index contributed by atoms with van der Waals surface area (Å²) >= 11 is 0. The third-order valence-corrected chi connectivity index (χ3v) is 5.89. The van der Waals surface area contributed by atoms with E-state index in [9.17, 15) is 18.0 Å². The number of aliphatic imine (C=N–C) groups is 1. The number of rotatable bonds is 7. The molecule has 5 rings (SSSR count). The highest BCUT2D eigenvalue weighted by Crippen LogP contribution is 2.32. The number of hydrogen-bond acceptors (Lipinski definition) is 7. The molecule has 12 heteroatoms. The molecule has 0 aliphatic carbocycles. The smallest absolute Gasteiger partial charge is 0.422 e. The maximum Gasteiger partial charge on any atom is 0.422 e. The highest BCUT2D eigenvalue weighted by Gasteiger charge is 2.29. The first-order valence-electron chi connectivity index (χ1n) is 12.3.